The second-order valence-electron chi connectivity index (χ2n) is 6.27. The summed E-state index contributed by atoms with van der Waals surface area (Å²) < 4.78 is 0. The lowest BCUT2D eigenvalue weighted by molar-refractivity contribution is -0.116. The van der Waals surface area contributed by atoms with Gasteiger partial charge in [-0.05, 0) is 48.1 Å². The Kier molecular flexibility index (Phi) is 2.46. The topological polar surface area (TPSA) is 71.8 Å². The predicted molar refractivity (Wildman–Crippen MR) is 82.6 cm³/mol. The number of ketones is 1. The quantitative estimate of drug-likeness (QED) is 0.843. The molecule has 0 fully saturated rings. The first kappa shape index (κ1) is 12.8. The van der Waals surface area contributed by atoms with E-state index in [0.717, 1.165) is 40.4 Å². The average molecular weight is 281 g/mol. The maximum atomic E-state index is 12.2. The summed E-state index contributed by atoms with van der Waals surface area (Å²) in [5.41, 5.74) is 12.0. The number of nitrogens with zero attached hydrogens (tertiary/aromatic N) is 1. The zero-order valence-electron chi connectivity index (χ0n) is 12.4. The van der Waals surface area contributed by atoms with Gasteiger partial charge in [0.2, 0.25) is 0 Å². The number of carbonyl (C=O) groups excluding carboxylic acids is 1. The smallest absolute Gasteiger partial charge is 0.158 e. The maximum absolute atomic E-state index is 12.2. The predicted octanol–water partition coefficient (Wildman–Crippen LogP) is 3.11. The van der Waals surface area contributed by atoms with Crippen LogP contribution >= 0.6 is 0 Å². The third-order valence-electron chi connectivity index (χ3n) is 5.56. The summed E-state index contributed by atoms with van der Waals surface area (Å²) in [7, 11) is 0. The number of hydrogen-bond donors (Lipinski definition) is 2. The van der Waals surface area contributed by atoms with Gasteiger partial charge < -0.3 is 5.73 Å². The molecule has 0 saturated heterocycles. The Morgan fingerprint density at radius 2 is 2.29 bits per heavy atom. The molecule has 1 heterocycles. The number of H-pyrrole nitrogens is 1. The summed E-state index contributed by atoms with van der Waals surface area (Å²) in [4.78, 5) is 12.2. The van der Waals surface area contributed by atoms with E-state index in [1.807, 2.05) is 19.2 Å². The van der Waals surface area contributed by atoms with Crippen LogP contribution in [0.25, 0.3) is 16.5 Å². The SMILES string of the molecule is CCC12CCC(=O)C(C)=C1c1ccc3[nH]ncc3c1C2N. The fourth-order valence-corrected chi connectivity index (χ4v) is 4.39. The van der Waals surface area contributed by atoms with Crippen LogP contribution in [0.3, 0.4) is 0 Å². The van der Waals surface area contributed by atoms with Gasteiger partial charge in [0.05, 0.1) is 11.7 Å². The Balaban J connectivity index is 2.12. The molecular formula is C17H19N3O. The zero-order chi connectivity index (χ0) is 14.8. The molecule has 21 heavy (non-hydrogen) atoms. The minimum Gasteiger partial charge on any atom is -0.323 e. The van der Waals surface area contributed by atoms with Gasteiger partial charge in [-0.15, -0.1) is 0 Å². The molecule has 3 N–H and O–H groups in total. The fraction of sp³-hybridized carbons (Fsp3) is 0.412. The first-order valence-corrected chi connectivity index (χ1v) is 7.56. The molecule has 1 aromatic heterocycles. The summed E-state index contributed by atoms with van der Waals surface area (Å²) in [5.74, 6) is 0.265. The monoisotopic (exact) mass is 281 g/mol. The highest BCUT2D eigenvalue weighted by molar-refractivity contribution is 6.07. The Bertz CT molecular complexity index is 801. The van der Waals surface area contributed by atoms with Crippen molar-refractivity contribution in [1.82, 2.24) is 10.2 Å². The molecule has 2 aromatic rings. The molecule has 2 atom stereocenters. The highest BCUT2D eigenvalue weighted by Gasteiger charge is 2.50. The molecule has 4 rings (SSSR count). The van der Waals surface area contributed by atoms with Crippen LogP contribution in [0, 0.1) is 5.41 Å². The third-order valence-corrected chi connectivity index (χ3v) is 5.56. The van der Waals surface area contributed by atoms with Crippen molar-refractivity contribution in [1.29, 1.82) is 0 Å². The van der Waals surface area contributed by atoms with Crippen molar-refractivity contribution in [2.75, 3.05) is 0 Å². The number of hydrogen-bond acceptors (Lipinski definition) is 3. The van der Waals surface area contributed by atoms with Crippen LogP contribution in [-0.2, 0) is 4.79 Å². The lowest BCUT2D eigenvalue weighted by Crippen LogP contribution is -2.34. The summed E-state index contributed by atoms with van der Waals surface area (Å²) in [6.07, 6.45) is 4.28. The average Bonchev–Trinajstić information content (AvgIpc) is 3.05. The molecule has 0 amide bonds. The Labute approximate surface area is 123 Å². The molecule has 4 heteroatoms. The number of allylic oxidation sites excluding steroid dienone is 1. The van der Waals surface area contributed by atoms with Gasteiger partial charge in [-0.25, -0.2) is 0 Å². The number of rotatable bonds is 1. The fourth-order valence-electron chi connectivity index (χ4n) is 4.39. The summed E-state index contributed by atoms with van der Waals surface area (Å²) in [6.45, 7) is 4.14. The molecule has 108 valence electrons. The minimum absolute atomic E-state index is 0.0585. The Morgan fingerprint density at radius 3 is 3.05 bits per heavy atom. The molecule has 2 unspecified atom stereocenters. The van der Waals surface area contributed by atoms with E-state index in [-0.39, 0.29) is 17.2 Å². The van der Waals surface area contributed by atoms with E-state index in [2.05, 4.69) is 23.2 Å². The molecule has 0 bridgehead atoms. The first-order chi connectivity index (χ1) is 10.1. The number of carbonyl (C=O) groups is 1. The second kappa shape index (κ2) is 4.04. The van der Waals surface area contributed by atoms with E-state index in [1.54, 1.807) is 0 Å². The van der Waals surface area contributed by atoms with Gasteiger partial charge in [0.1, 0.15) is 0 Å². The standard InChI is InChI=1S/C17H19N3O/c1-3-17-7-6-13(21)9(2)15(17)10-4-5-12-11(8-19-20-12)14(10)16(17)18/h4-5,8,16H,3,6-7,18H2,1-2H3,(H,19,20). The molecule has 0 radical (unpaired) electrons. The van der Waals surface area contributed by atoms with Crippen LogP contribution in [0.1, 0.15) is 50.3 Å². The van der Waals surface area contributed by atoms with Crippen LogP contribution in [0.15, 0.2) is 23.9 Å². The normalized spacial score (nSPS) is 28.1. The van der Waals surface area contributed by atoms with Crippen LogP contribution in [0.2, 0.25) is 0 Å². The zero-order valence-corrected chi connectivity index (χ0v) is 12.4. The Morgan fingerprint density at radius 1 is 1.48 bits per heavy atom. The highest BCUT2D eigenvalue weighted by atomic mass is 16.1. The summed E-state index contributed by atoms with van der Waals surface area (Å²) in [5, 5.41) is 8.26. The van der Waals surface area contributed by atoms with Gasteiger partial charge in [0, 0.05) is 23.3 Å². The van der Waals surface area contributed by atoms with Crippen LogP contribution in [0.4, 0.5) is 0 Å². The van der Waals surface area contributed by atoms with Gasteiger partial charge in [0.25, 0.3) is 0 Å². The number of fused-ring (bicyclic) bond motifs is 5. The van der Waals surface area contributed by atoms with Crippen molar-refractivity contribution in [2.24, 2.45) is 11.1 Å². The number of nitrogens with two attached hydrogens (primary N) is 1. The lowest BCUT2D eigenvalue weighted by Gasteiger charge is -2.38. The van der Waals surface area contributed by atoms with Crippen molar-refractivity contribution in [2.45, 2.75) is 39.2 Å². The maximum Gasteiger partial charge on any atom is 0.158 e. The lowest BCUT2D eigenvalue weighted by atomic mass is 9.66. The number of nitrogens with one attached hydrogen (secondary N) is 1. The van der Waals surface area contributed by atoms with Crippen molar-refractivity contribution >= 4 is 22.3 Å². The van der Waals surface area contributed by atoms with Gasteiger partial charge in [-0.3, -0.25) is 9.89 Å². The molecule has 0 aliphatic heterocycles. The summed E-state index contributed by atoms with van der Waals surface area (Å²) >= 11 is 0. The number of aromatic nitrogens is 2. The van der Waals surface area contributed by atoms with E-state index in [1.165, 1.54) is 5.57 Å². The van der Waals surface area contributed by atoms with Gasteiger partial charge >= 0.3 is 0 Å². The van der Waals surface area contributed by atoms with E-state index >= 15 is 0 Å². The Hall–Kier alpha value is -1.94. The van der Waals surface area contributed by atoms with Gasteiger partial charge in [-0.2, -0.15) is 5.10 Å². The molecule has 0 spiro atoms. The van der Waals surface area contributed by atoms with Crippen LogP contribution in [0.5, 0.6) is 0 Å². The molecule has 4 nitrogen and oxygen atoms in total. The van der Waals surface area contributed by atoms with Crippen molar-refractivity contribution in [3.8, 4) is 0 Å². The van der Waals surface area contributed by atoms with Crippen molar-refractivity contribution in [3.63, 3.8) is 0 Å². The number of Topliss-reactive ketones (excluding diaryl/α,β-unsaturated/α-hetero) is 1. The van der Waals surface area contributed by atoms with E-state index in [0.29, 0.717) is 6.42 Å². The molecule has 1 aromatic carbocycles. The molecule has 2 aliphatic rings. The van der Waals surface area contributed by atoms with E-state index in [9.17, 15) is 4.79 Å². The number of aromatic amines is 1. The van der Waals surface area contributed by atoms with Crippen LogP contribution < -0.4 is 5.73 Å². The summed E-state index contributed by atoms with van der Waals surface area (Å²) in [6, 6.07) is 4.08. The first-order valence-electron chi connectivity index (χ1n) is 7.56. The second-order valence-corrected chi connectivity index (χ2v) is 6.27. The minimum atomic E-state index is -0.0914. The van der Waals surface area contributed by atoms with Crippen molar-refractivity contribution in [3.05, 3.63) is 35.0 Å². The van der Waals surface area contributed by atoms with E-state index < -0.39 is 0 Å². The molecule has 0 saturated carbocycles. The van der Waals surface area contributed by atoms with E-state index in [4.69, 9.17) is 5.73 Å². The third kappa shape index (κ3) is 1.38. The molecule has 2 aliphatic carbocycles. The number of benzene rings is 1. The van der Waals surface area contributed by atoms with Gasteiger partial charge in [-0.1, -0.05) is 13.0 Å². The van der Waals surface area contributed by atoms with Gasteiger partial charge in [0.15, 0.2) is 5.78 Å². The largest absolute Gasteiger partial charge is 0.323 e. The highest BCUT2D eigenvalue weighted by Crippen LogP contribution is 2.61. The molecular weight excluding hydrogens is 262 g/mol. The van der Waals surface area contributed by atoms with Crippen LogP contribution in [-0.4, -0.2) is 16.0 Å². The van der Waals surface area contributed by atoms with Crippen molar-refractivity contribution < 1.29 is 4.79 Å².